The molecule has 2 aliphatic rings. The van der Waals surface area contributed by atoms with Crippen LogP contribution in [-0.2, 0) is 33.9 Å². The van der Waals surface area contributed by atoms with E-state index in [4.69, 9.17) is 0 Å². The highest BCUT2D eigenvalue weighted by atomic mass is 16.2. The van der Waals surface area contributed by atoms with E-state index in [1.165, 1.54) is 0 Å². The Hall–Kier alpha value is -3.82. The summed E-state index contributed by atoms with van der Waals surface area (Å²) in [6, 6.07) is 7.29. The van der Waals surface area contributed by atoms with Crippen LogP contribution in [0.4, 0.5) is 0 Å². The van der Waals surface area contributed by atoms with Crippen LogP contribution < -0.4 is 10.6 Å². The molecule has 10 nitrogen and oxygen atoms in total. The molecule has 5 rings (SSSR count). The summed E-state index contributed by atoms with van der Waals surface area (Å²) >= 11 is 0. The normalized spacial score (nSPS) is 22.0. The molecule has 3 aromatic heterocycles. The van der Waals surface area contributed by atoms with Gasteiger partial charge in [-0.25, -0.2) is 0 Å². The first-order valence-electron chi connectivity index (χ1n) is 12.5. The average molecular weight is 490 g/mol. The van der Waals surface area contributed by atoms with Crippen molar-refractivity contribution in [2.45, 2.75) is 64.1 Å². The highest BCUT2D eigenvalue weighted by Crippen LogP contribution is 2.38. The first kappa shape index (κ1) is 23.9. The zero-order valence-corrected chi connectivity index (χ0v) is 20.5. The van der Waals surface area contributed by atoms with E-state index < -0.39 is 17.8 Å². The van der Waals surface area contributed by atoms with Crippen LogP contribution in [0.3, 0.4) is 0 Å². The molecule has 3 aromatic rings. The van der Waals surface area contributed by atoms with Crippen LogP contribution in [0, 0.1) is 11.8 Å². The molecule has 4 atom stereocenters. The summed E-state index contributed by atoms with van der Waals surface area (Å²) in [4.78, 5) is 44.5. The Kier molecular flexibility index (Phi) is 6.67. The lowest BCUT2D eigenvalue weighted by Crippen LogP contribution is -2.47. The maximum Gasteiger partial charge on any atom is 0.229 e. The molecule has 0 fully saturated rings. The molecule has 0 aromatic carbocycles. The van der Waals surface area contributed by atoms with Gasteiger partial charge in [0.15, 0.2) is 0 Å². The van der Waals surface area contributed by atoms with E-state index in [1.807, 2.05) is 48.9 Å². The van der Waals surface area contributed by atoms with E-state index in [1.54, 1.807) is 12.4 Å². The Morgan fingerprint density at radius 2 is 2.11 bits per heavy atom. The maximum atomic E-state index is 13.6. The number of hydrogen-bond donors (Lipinski definition) is 3. The summed E-state index contributed by atoms with van der Waals surface area (Å²) in [5, 5.41) is 16.3. The summed E-state index contributed by atoms with van der Waals surface area (Å²) in [6.45, 7) is 4.67. The average Bonchev–Trinajstić information content (AvgIpc) is 3.49. The second-order valence-corrected chi connectivity index (χ2v) is 10.0. The number of aryl methyl sites for hydroxylation is 1. The highest BCUT2D eigenvalue weighted by molar-refractivity contribution is 5.93. The molecule has 1 aliphatic carbocycles. The molecule has 0 saturated carbocycles. The number of H-pyrrole nitrogens is 1. The molecule has 3 N–H and O–H groups in total. The molecule has 0 spiro atoms. The fourth-order valence-electron chi connectivity index (χ4n) is 5.57. The molecule has 0 bridgehead atoms. The lowest BCUT2D eigenvalue weighted by atomic mass is 9.79. The lowest BCUT2D eigenvalue weighted by Gasteiger charge is -2.33. The van der Waals surface area contributed by atoms with Gasteiger partial charge in [0, 0.05) is 37.1 Å². The number of pyridine rings is 1. The summed E-state index contributed by atoms with van der Waals surface area (Å²) in [7, 11) is 0. The van der Waals surface area contributed by atoms with Gasteiger partial charge in [0.1, 0.15) is 11.5 Å². The van der Waals surface area contributed by atoms with Crippen molar-refractivity contribution < 1.29 is 14.4 Å². The molecule has 4 heterocycles. The van der Waals surface area contributed by atoms with Crippen LogP contribution in [0.1, 0.15) is 61.2 Å². The highest BCUT2D eigenvalue weighted by Gasteiger charge is 2.43. The van der Waals surface area contributed by atoms with E-state index >= 15 is 0 Å². The van der Waals surface area contributed by atoms with E-state index in [0.29, 0.717) is 18.7 Å². The van der Waals surface area contributed by atoms with Gasteiger partial charge in [-0.05, 0) is 42.5 Å². The van der Waals surface area contributed by atoms with Gasteiger partial charge in [-0.3, -0.25) is 19.4 Å². The minimum absolute atomic E-state index is 0.0146. The quantitative estimate of drug-likeness (QED) is 0.464. The van der Waals surface area contributed by atoms with Crippen molar-refractivity contribution in [1.82, 2.24) is 35.6 Å². The molecule has 36 heavy (non-hydrogen) atoms. The third-order valence-corrected chi connectivity index (χ3v) is 7.29. The first-order valence-corrected chi connectivity index (χ1v) is 12.5. The number of aromatic nitrogens is 5. The Morgan fingerprint density at radius 1 is 1.25 bits per heavy atom. The molecule has 1 aliphatic heterocycles. The predicted molar refractivity (Wildman–Crippen MR) is 131 cm³/mol. The fraction of sp³-hybridized carbons (Fsp3) is 0.462. The number of aromatic amines is 1. The number of nitrogens with one attached hydrogen (secondary N) is 3. The third-order valence-electron chi connectivity index (χ3n) is 7.29. The van der Waals surface area contributed by atoms with Gasteiger partial charge in [0.25, 0.3) is 0 Å². The number of rotatable bonds is 7. The van der Waals surface area contributed by atoms with E-state index in [-0.39, 0.29) is 42.5 Å². The minimum Gasteiger partial charge on any atom is -0.352 e. The number of amides is 2. The van der Waals surface area contributed by atoms with Gasteiger partial charge in [0.2, 0.25) is 11.8 Å². The van der Waals surface area contributed by atoms with E-state index in [0.717, 1.165) is 23.4 Å². The van der Waals surface area contributed by atoms with Gasteiger partial charge < -0.3 is 15.2 Å². The summed E-state index contributed by atoms with van der Waals surface area (Å²) in [5.41, 5.74) is 3.40. The SMILES string of the molecule is CC(C)[C@@H](C(=O)NC1CCc2ccn3c2C1C(=O)CC(C(=O)NCc1cn[nH]n1)C3)c1ccccn1. The number of nitrogens with zero attached hydrogens (tertiary/aromatic N) is 4. The van der Waals surface area contributed by atoms with Crippen molar-refractivity contribution >= 4 is 17.6 Å². The Bertz CT molecular complexity index is 1240. The summed E-state index contributed by atoms with van der Waals surface area (Å²) < 4.78 is 2.03. The number of ketones is 1. The summed E-state index contributed by atoms with van der Waals surface area (Å²) in [5.74, 6) is -1.66. The molecule has 0 radical (unpaired) electrons. The van der Waals surface area contributed by atoms with E-state index in [9.17, 15) is 14.4 Å². The zero-order chi connectivity index (χ0) is 25.2. The van der Waals surface area contributed by atoms with Crippen molar-refractivity contribution in [3.63, 3.8) is 0 Å². The van der Waals surface area contributed by atoms with Crippen molar-refractivity contribution in [3.05, 3.63) is 65.5 Å². The molecule has 3 unspecified atom stereocenters. The number of Topliss-reactive ketones (excluding diaryl/α,β-unsaturated/α-hetero) is 1. The topological polar surface area (TPSA) is 135 Å². The minimum atomic E-state index is -0.500. The second-order valence-electron chi connectivity index (χ2n) is 10.0. The van der Waals surface area contributed by atoms with Crippen molar-refractivity contribution in [2.24, 2.45) is 11.8 Å². The lowest BCUT2D eigenvalue weighted by molar-refractivity contribution is -0.131. The third kappa shape index (κ3) is 4.67. The number of carbonyl (C=O) groups excluding carboxylic acids is 3. The Balaban J connectivity index is 1.35. The molecule has 0 saturated heterocycles. The smallest absolute Gasteiger partial charge is 0.229 e. The Labute approximate surface area is 209 Å². The predicted octanol–water partition coefficient (Wildman–Crippen LogP) is 1.86. The standard InChI is InChI=1S/C26H31N7O3/c1-15(2)22(19-5-3-4-9-27-19)26(36)30-20-7-6-16-8-10-33-14-17(11-21(34)23(20)24(16)33)25(35)28-12-18-13-29-32-31-18/h3-5,8-10,13,15,17,20,22-23H,6-7,11-12,14H2,1-2H3,(H,28,35)(H,30,36)(H,29,31,32)/t17?,20?,22-,23?/m1/s1. The number of carbonyl (C=O) groups is 3. The van der Waals surface area contributed by atoms with Gasteiger partial charge >= 0.3 is 0 Å². The molecule has 10 heteroatoms. The Morgan fingerprint density at radius 3 is 2.83 bits per heavy atom. The van der Waals surface area contributed by atoms with Gasteiger partial charge in [-0.1, -0.05) is 19.9 Å². The van der Waals surface area contributed by atoms with Crippen LogP contribution in [0.2, 0.25) is 0 Å². The van der Waals surface area contributed by atoms with Crippen molar-refractivity contribution in [3.8, 4) is 0 Å². The van der Waals surface area contributed by atoms with Crippen molar-refractivity contribution in [2.75, 3.05) is 0 Å². The monoisotopic (exact) mass is 489 g/mol. The maximum absolute atomic E-state index is 13.6. The van der Waals surface area contributed by atoms with Crippen LogP contribution in [-0.4, -0.2) is 48.6 Å². The van der Waals surface area contributed by atoms with Gasteiger partial charge in [-0.2, -0.15) is 15.4 Å². The second kappa shape index (κ2) is 10.0. The molecule has 188 valence electrons. The van der Waals surface area contributed by atoms with Crippen LogP contribution in [0.15, 0.2) is 42.9 Å². The summed E-state index contributed by atoms with van der Waals surface area (Å²) in [6.07, 6.45) is 6.78. The van der Waals surface area contributed by atoms with Gasteiger partial charge in [-0.15, -0.1) is 0 Å². The van der Waals surface area contributed by atoms with Crippen LogP contribution in [0.5, 0.6) is 0 Å². The molecular weight excluding hydrogens is 458 g/mol. The first-order chi connectivity index (χ1) is 17.4. The number of hydrogen-bond acceptors (Lipinski definition) is 6. The molecule has 2 amide bonds. The zero-order valence-electron chi connectivity index (χ0n) is 20.5. The van der Waals surface area contributed by atoms with Crippen molar-refractivity contribution in [1.29, 1.82) is 0 Å². The van der Waals surface area contributed by atoms with Crippen LogP contribution >= 0.6 is 0 Å². The van der Waals surface area contributed by atoms with Crippen LogP contribution in [0.25, 0.3) is 0 Å². The fourth-order valence-corrected chi connectivity index (χ4v) is 5.57. The van der Waals surface area contributed by atoms with Gasteiger partial charge in [0.05, 0.1) is 36.2 Å². The van der Waals surface area contributed by atoms with E-state index in [2.05, 4.69) is 31.0 Å². The largest absolute Gasteiger partial charge is 0.352 e. The molecular formula is C26H31N7O3.